The van der Waals surface area contributed by atoms with Crippen LogP contribution in [-0.2, 0) is 18.4 Å². The minimum absolute atomic E-state index is 0.0422. The Morgan fingerprint density at radius 3 is 2.70 bits per heavy atom. The minimum Gasteiger partial charge on any atom is -0.328 e. The van der Waals surface area contributed by atoms with E-state index >= 15 is 0 Å². The Balaban J connectivity index is 2.28. The van der Waals surface area contributed by atoms with Crippen molar-refractivity contribution < 1.29 is 4.79 Å². The van der Waals surface area contributed by atoms with Gasteiger partial charge in [0.25, 0.3) is 5.56 Å². The predicted molar refractivity (Wildman–Crippen MR) is 72.8 cm³/mol. The third kappa shape index (κ3) is 1.90. The summed E-state index contributed by atoms with van der Waals surface area (Å²) >= 11 is 0. The van der Waals surface area contributed by atoms with E-state index in [9.17, 15) is 14.4 Å². The number of rotatable bonds is 4. The molecule has 7 heteroatoms. The van der Waals surface area contributed by atoms with Crippen LogP contribution in [0.15, 0.2) is 15.9 Å². The van der Waals surface area contributed by atoms with Gasteiger partial charge < -0.3 is 4.57 Å². The van der Waals surface area contributed by atoms with Crippen molar-refractivity contribution in [3.8, 4) is 0 Å². The van der Waals surface area contributed by atoms with Gasteiger partial charge in [0.05, 0.1) is 6.33 Å². The van der Waals surface area contributed by atoms with E-state index in [1.165, 1.54) is 6.92 Å². The van der Waals surface area contributed by atoms with Gasteiger partial charge in [0.15, 0.2) is 11.2 Å². The van der Waals surface area contributed by atoms with Crippen molar-refractivity contribution in [2.24, 2.45) is 7.05 Å². The van der Waals surface area contributed by atoms with E-state index in [1.54, 1.807) is 22.5 Å². The Bertz CT molecular complexity index is 807. The van der Waals surface area contributed by atoms with Crippen molar-refractivity contribution in [1.82, 2.24) is 18.7 Å². The first kappa shape index (κ1) is 12.8. The molecule has 0 aliphatic heterocycles. The second kappa shape index (κ2) is 4.43. The zero-order chi connectivity index (χ0) is 14.4. The smallest absolute Gasteiger partial charge is 0.328 e. The lowest BCUT2D eigenvalue weighted by atomic mass is 10.3. The fourth-order valence-electron chi connectivity index (χ4n) is 2.40. The van der Waals surface area contributed by atoms with Crippen LogP contribution in [0.3, 0.4) is 0 Å². The lowest BCUT2D eigenvalue weighted by molar-refractivity contribution is -0.117. The molecule has 20 heavy (non-hydrogen) atoms. The van der Waals surface area contributed by atoms with E-state index in [-0.39, 0.29) is 36.0 Å². The van der Waals surface area contributed by atoms with Gasteiger partial charge in [-0.1, -0.05) is 0 Å². The van der Waals surface area contributed by atoms with Gasteiger partial charge in [-0.3, -0.25) is 18.7 Å². The maximum Gasteiger partial charge on any atom is 0.333 e. The number of fused-ring (bicyclic) bond motifs is 1. The van der Waals surface area contributed by atoms with E-state index < -0.39 is 0 Å². The molecule has 0 aromatic carbocycles. The number of aryl methyl sites for hydroxylation is 1. The third-order valence-corrected chi connectivity index (χ3v) is 3.63. The summed E-state index contributed by atoms with van der Waals surface area (Å²) in [5.74, 6) is -0.0422. The molecule has 3 rings (SSSR count). The van der Waals surface area contributed by atoms with Gasteiger partial charge in [-0.05, 0) is 19.8 Å². The summed E-state index contributed by atoms with van der Waals surface area (Å²) in [6.45, 7) is 1.58. The van der Waals surface area contributed by atoms with Crippen molar-refractivity contribution >= 4 is 16.9 Å². The molecule has 0 amide bonds. The highest BCUT2D eigenvalue weighted by Gasteiger charge is 2.29. The molecule has 0 radical (unpaired) electrons. The molecule has 1 fully saturated rings. The number of carbonyl (C=O) groups is 1. The molecule has 0 spiro atoms. The molecule has 0 saturated heterocycles. The first-order chi connectivity index (χ1) is 9.50. The molecular formula is C13H16N4O3. The van der Waals surface area contributed by atoms with Gasteiger partial charge in [-0.15, -0.1) is 0 Å². The molecule has 7 nitrogen and oxygen atoms in total. The average molecular weight is 276 g/mol. The number of carbonyl (C=O) groups excluding carboxylic acids is 1. The van der Waals surface area contributed by atoms with Gasteiger partial charge in [0, 0.05) is 26.1 Å². The summed E-state index contributed by atoms with van der Waals surface area (Å²) in [6.07, 6.45) is 3.58. The Morgan fingerprint density at radius 2 is 2.10 bits per heavy atom. The second-order valence-corrected chi connectivity index (χ2v) is 5.32. The van der Waals surface area contributed by atoms with E-state index in [4.69, 9.17) is 0 Å². The van der Waals surface area contributed by atoms with Crippen molar-refractivity contribution in [2.45, 2.75) is 38.8 Å². The van der Waals surface area contributed by atoms with E-state index in [2.05, 4.69) is 4.98 Å². The maximum atomic E-state index is 12.5. The molecule has 1 aliphatic rings. The largest absolute Gasteiger partial charge is 0.333 e. The SMILES string of the molecule is CC(=O)CCn1c(=O)c2c(ncn2C)n(C2CC2)c1=O. The van der Waals surface area contributed by atoms with Crippen LogP contribution in [0, 0.1) is 0 Å². The topological polar surface area (TPSA) is 78.9 Å². The zero-order valence-electron chi connectivity index (χ0n) is 11.5. The first-order valence-corrected chi connectivity index (χ1v) is 6.66. The van der Waals surface area contributed by atoms with E-state index in [0.29, 0.717) is 11.2 Å². The maximum absolute atomic E-state index is 12.5. The summed E-state index contributed by atoms with van der Waals surface area (Å²) < 4.78 is 4.38. The number of imidazole rings is 1. The van der Waals surface area contributed by atoms with Crippen LogP contribution < -0.4 is 11.2 Å². The van der Waals surface area contributed by atoms with Crippen LogP contribution in [0.4, 0.5) is 0 Å². The molecule has 1 aliphatic carbocycles. The molecule has 1 saturated carbocycles. The van der Waals surface area contributed by atoms with Crippen LogP contribution >= 0.6 is 0 Å². The fraction of sp³-hybridized carbons (Fsp3) is 0.538. The summed E-state index contributed by atoms with van der Waals surface area (Å²) in [4.78, 5) is 40.2. The lowest BCUT2D eigenvalue weighted by Crippen LogP contribution is -2.40. The third-order valence-electron chi connectivity index (χ3n) is 3.63. The molecule has 106 valence electrons. The van der Waals surface area contributed by atoms with Gasteiger partial charge in [-0.25, -0.2) is 9.78 Å². The Kier molecular flexibility index (Phi) is 2.84. The Labute approximate surface area is 114 Å². The highest BCUT2D eigenvalue weighted by atomic mass is 16.2. The zero-order valence-corrected chi connectivity index (χ0v) is 11.5. The van der Waals surface area contributed by atoms with Crippen LogP contribution in [0.25, 0.3) is 11.2 Å². The molecule has 2 aromatic heterocycles. The summed E-state index contributed by atoms with van der Waals surface area (Å²) in [7, 11) is 1.73. The number of ketones is 1. The lowest BCUT2D eigenvalue weighted by Gasteiger charge is -2.10. The summed E-state index contributed by atoms with van der Waals surface area (Å²) in [5.41, 5.74) is 0.136. The number of hydrogen-bond acceptors (Lipinski definition) is 4. The van der Waals surface area contributed by atoms with E-state index in [0.717, 1.165) is 17.4 Å². The number of Topliss-reactive ketones (excluding diaryl/α,β-unsaturated/α-hetero) is 1. The first-order valence-electron chi connectivity index (χ1n) is 6.66. The molecule has 2 aromatic rings. The quantitative estimate of drug-likeness (QED) is 0.799. The van der Waals surface area contributed by atoms with Gasteiger partial charge in [0.1, 0.15) is 5.78 Å². The number of nitrogens with zero attached hydrogens (tertiary/aromatic N) is 4. The highest BCUT2D eigenvalue weighted by molar-refractivity contribution is 5.75. The Morgan fingerprint density at radius 1 is 1.40 bits per heavy atom. The van der Waals surface area contributed by atoms with Crippen molar-refractivity contribution in [3.63, 3.8) is 0 Å². The molecule has 0 bridgehead atoms. The summed E-state index contributed by atoms with van der Waals surface area (Å²) in [5, 5.41) is 0. The van der Waals surface area contributed by atoms with Crippen LogP contribution in [0.5, 0.6) is 0 Å². The van der Waals surface area contributed by atoms with Gasteiger partial charge in [-0.2, -0.15) is 0 Å². The van der Waals surface area contributed by atoms with Crippen molar-refractivity contribution in [1.29, 1.82) is 0 Å². The van der Waals surface area contributed by atoms with Crippen LogP contribution in [0.2, 0.25) is 0 Å². The van der Waals surface area contributed by atoms with E-state index in [1.807, 2.05) is 0 Å². The van der Waals surface area contributed by atoms with Crippen molar-refractivity contribution in [3.05, 3.63) is 27.2 Å². The van der Waals surface area contributed by atoms with Gasteiger partial charge >= 0.3 is 5.69 Å². The molecule has 0 N–H and O–H groups in total. The minimum atomic E-state index is -0.372. The second-order valence-electron chi connectivity index (χ2n) is 5.32. The fourth-order valence-corrected chi connectivity index (χ4v) is 2.40. The monoisotopic (exact) mass is 276 g/mol. The standard InChI is InChI=1S/C13H16N4O3/c1-8(18)5-6-16-12(19)10-11(14-7-15(10)2)17(13(16)20)9-3-4-9/h7,9H,3-6H2,1-2H3. The summed E-state index contributed by atoms with van der Waals surface area (Å²) in [6, 6.07) is 0.129. The predicted octanol–water partition coefficient (Wildman–Crippen LogP) is 0.211. The molecule has 0 atom stereocenters. The molecule has 0 unspecified atom stereocenters. The van der Waals surface area contributed by atoms with Crippen molar-refractivity contribution in [2.75, 3.05) is 0 Å². The average Bonchev–Trinajstić information content (AvgIpc) is 3.13. The molecule has 2 heterocycles. The highest BCUT2D eigenvalue weighted by Crippen LogP contribution is 2.34. The number of hydrogen-bond donors (Lipinski definition) is 0. The van der Waals surface area contributed by atoms with Crippen LogP contribution in [0.1, 0.15) is 32.2 Å². The van der Waals surface area contributed by atoms with Crippen LogP contribution in [-0.4, -0.2) is 24.5 Å². The Hall–Kier alpha value is -2.18. The molecular weight excluding hydrogens is 260 g/mol. The van der Waals surface area contributed by atoms with Gasteiger partial charge in [0.2, 0.25) is 0 Å². The number of aromatic nitrogens is 4. The normalized spacial score (nSPS) is 14.9.